The van der Waals surface area contributed by atoms with Crippen molar-refractivity contribution in [1.82, 2.24) is 9.88 Å². The van der Waals surface area contributed by atoms with Gasteiger partial charge in [0.2, 0.25) is 5.91 Å². The maximum Gasteiger partial charge on any atom is 0.225 e. The standard InChI is InChI=1S/C25H40N4O3/c1-16(2)21-14-28(9-10-29(21)22(30)8-11-31-7)24-19(13-26)18-12-25(5,6)32-15-20(18)23(27-24)17(3)4/h13,16-17,21,26H,8-12,14-15H2,1-7H3/t21-/m0/s1. The molecule has 1 atom stereocenters. The van der Waals surface area contributed by atoms with E-state index in [1.807, 2.05) is 4.90 Å². The van der Waals surface area contributed by atoms with Crippen molar-refractivity contribution in [3.63, 3.8) is 0 Å². The van der Waals surface area contributed by atoms with Crippen LogP contribution in [0.4, 0.5) is 5.82 Å². The maximum atomic E-state index is 12.8. The third kappa shape index (κ3) is 4.99. The van der Waals surface area contributed by atoms with E-state index in [0.717, 1.165) is 35.6 Å². The molecule has 1 N–H and O–H groups in total. The van der Waals surface area contributed by atoms with Gasteiger partial charge < -0.3 is 24.7 Å². The number of nitrogens with zero attached hydrogens (tertiary/aromatic N) is 3. The zero-order valence-electron chi connectivity index (χ0n) is 20.8. The summed E-state index contributed by atoms with van der Waals surface area (Å²) in [4.78, 5) is 22.2. The molecule has 7 heteroatoms. The molecule has 7 nitrogen and oxygen atoms in total. The summed E-state index contributed by atoms with van der Waals surface area (Å²) in [6, 6.07) is 0.104. The minimum atomic E-state index is -0.259. The first-order chi connectivity index (χ1) is 15.1. The van der Waals surface area contributed by atoms with Crippen molar-refractivity contribution < 1.29 is 14.3 Å². The Morgan fingerprint density at radius 1 is 1.28 bits per heavy atom. The van der Waals surface area contributed by atoms with Crippen LogP contribution in [0.5, 0.6) is 0 Å². The Morgan fingerprint density at radius 3 is 2.59 bits per heavy atom. The fourth-order valence-corrected chi connectivity index (χ4v) is 4.89. The molecule has 0 spiro atoms. The number of pyridine rings is 1. The van der Waals surface area contributed by atoms with Crippen LogP contribution in [0.25, 0.3) is 0 Å². The Kier molecular flexibility index (Phi) is 7.61. The molecule has 0 aromatic carbocycles. The minimum Gasteiger partial charge on any atom is -0.384 e. The first kappa shape index (κ1) is 24.6. The number of rotatable bonds is 7. The molecular formula is C25H40N4O3. The lowest BCUT2D eigenvalue weighted by Crippen LogP contribution is -2.57. The van der Waals surface area contributed by atoms with Gasteiger partial charge in [-0.3, -0.25) is 4.79 Å². The molecule has 1 aromatic rings. The average molecular weight is 445 g/mol. The molecule has 32 heavy (non-hydrogen) atoms. The van der Waals surface area contributed by atoms with Crippen molar-refractivity contribution in [3.8, 4) is 0 Å². The minimum absolute atomic E-state index is 0.104. The summed E-state index contributed by atoms with van der Waals surface area (Å²) in [6.07, 6.45) is 2.65. The van der Waals surface area contributed by atoms with Crippen LogP contribution in [0.15, 0.2) is 0 Å². The van der Waals surface area contributed by atoms with Crippen LogP contribution >= 0.6 is 0 Å². The number of hydrogen-bond donors (Lipinski definition) is 1. The largest absolute Gasteiger partial charge is 0.384 e. The molecule has 1 aromatic heterocycles. The molecule has 1 saturated heterocycles. The Morgan fingerprint density at radius 2 is 2.00 bits per heavy atom. The van der Waals surface area contributed by atoms with Crippen molar-refractivity contribution in [2.24, 2.45) is 5.92 Å². The van der Waals surface area contributed by atoms with Crippen molar-refractivity contribution >= 4 is 17.9 Å². The molecule has 0 radical (unpaired) electrons. The lowest BCUT2D eigenvalue weighted by atomic mass is 9.86. The second-order valence-corrected chi connectivity index (χ2v) is 10.3. The number of aromatic nitrogens is 1. The number of carbonyl (C=O) groups is 1. The fourth-order valence-electron chi connectivity index (χ4n) is 4.89. The summed E-state index contributed by atoms with van der Waals surface area (Å²) in [6.45, 7) is 16.0. The SMILES string of the molecule is COCCC(=O)N1CCN(c2nc(C(C)C)c3c(c2C=N)CC(C)(C)OC3)C[C@H]1C(C)C. The molecule has 1 amide bonds. The Balaban J connectivity index is 1.99. The summed E-state index contributed by atoms with van der Waals surface area (Å²) < 4.78 is 11.2. The quantitative estimate of drug-likeness (QED) is 0.648. The smallest absolute Gasteiger partial charge is 0.225 e. The van der Waals surface area contributed by atoms with Gasteiger partial charge in [0.1, 0.15) is 5.82 Å². The zero-order valence-corrected chi connectivity index (χ0v) is 20.8. The lowest BCUT2D eigenvalue weighted by molar-refractivity contribution is -0.135. The first-order valence-electron chi connectivity index (χ1n) is 11.8. The van der Waals surface area contributed by atoms with E-state index in [4.69, 9.17) is 19.9 Å². The summed E-state index contributed by atoms with van der Waals surface area (Å²) in [5.74, 6) is 1.62. The molecule has 3 heterocycles. The molecule has 0 aliphatic carbocycles. The van der Waals surface area contributed by atoms with Gasteiger partial charge in [-0.2, -0.15) is 0 Å². The normalized spacial score (nSPS) is 20.6. The highest BCUT2D eigenvalue weighted by molar-refractivity contribution is 5.88. The highest BCUT2D eigenvalue weighted by Crippen LogP contribution is 2.37. The number of ether oxygens (including phenoxy) is 2. The Bertz CT molecular complexity index is 850. The van der Waals surface area contributed by atoms with E-state index in [1.54, 1.807) is 7.11 Å². The van der Waals surface area contributed by atoms with E-state index in [2.05, 4.69) is 46.4 Å². The average Bonchev–Trinajstić information content (AvgIpc) is 2.74. The highest BCUT2D eigenvalue weighted by atomic mass is 16.5. The number of piperazine rings is 1. The second kappa shape index (κ2) is 9.87. The van der Waals surface area contributed by atoms with Gasteiger partial charge >= 0.3 is 0 Å². The molecule has 178 valence electrons. The monoisotopic (exact) mass is 444 g/mol. The zero-order chi connectivity index (χ0) is 23.6. The van der Waals surface area contributed by atoms with Crippen LogP contribution in [0.3, 0.4) is 0 Å². The molecule has 3 rings (SSSR count). The molecule has 2 aliphatic heterocycles. The van der Waals surface area contributed by atoms with Crippen molar-refractivity contribution in [2.45, 2.75) is 78.6 Å². The number of anilines is 1. The van der Waals surface area contributed by atoms with E-state index in [0.29, 0.717) is 38.6 Å². The molecule has 0 saturated carbocycles. The van der Waals surface area contributed by atoms with E-state index < -0.39 is 0 Å². The predicted octanol–water partition coefficient (Wildman–Crippen LogP) is 3.76. The van der Waals surface area contributed by atoms with Crippen LogP contribution in [0.1, 0.15) is 76.3 Å². The summed E-state index contributed by atoms with van der Waals surface area (Å²) in [5.41, 5.74) is 4.06. The third-order valence-electron chi connectivity index (χ3n) is 6.69. The number of amides is 1. The summed E-state index contributed by atoms with van der Waals surface area (Å²) >= 11 is 0. The summed E-state index contributed by atoms with van der Waals surface area (Å²) in [5, 5.41) is 8.26. The molecule has 0 unspecified atom stereocenters. The van der Waals surface area contributed by atoms with Crippen molar-refractivity contribution in [3.05, 3.63) is 22.4 Å². The van der Waals surface area contributed by atoms with Gasteiger partial charge in [-0.15, -0.1) is 0 Å². The van der Waals surface area contributed by atoms with Crippen LogP contribution in [-0.2, 0) is 27.3 Å². The molecular weight excluding hydrogens is 404 g/mol. The van der Waals surface area contributed by atoms with Gasteiger partial charge in [0.25, 0.3) is 0 Å². The van der Waals surface area contributed by atoms with Gasteiger partial charge in [-0.05, 0) is 31.2 Å². The van der Waals surface area contributed by atoms with Crippen LogP contribution < -0.4 is 4.90 Å². The second-order valence-electron chi connectivity index (χ2n) is 10.3. The third-order valence-corrected chi connectivity index (χ3v) is 6.69. The fraction of sp³-hybridized carbons (Fsp3) is 0.720. The van der Waals surface area contributed by atoms with Crippen molar-refractivity contribution in [2.75, 3.05) is 38.3 Å². The van der Waals surface area contributed by atoms with Crippen LogP contribution in [0.2, 0.25) is 0 Å². The molecule has 0 bridgehead atoms. The first-order valence-corrected chi connectivity index (χ1v) is 11.8. The maximum absolute atomic E-state index is 12.8. The molecule has 1 fully saturated rings. The van der Waals surface area contributed by atoms with Gasteiger partial charge in [-0.25, -0.2) is 4.98 Å². The lowest BCUT2D eigenvalue weighted by Gasteiger charge is -2.45. The predicted molar refractivity (Wildman–Crippen MR) is 128 cm³/mol. The van der Waals surface area contributed by atoms with Crippen LogP contribution in [-0.4, -0.2) is 67.0 Å². The summed E-state index contributed by atoms with van der Waals surface area (Å²) in [7, 11) is 1.63. The van der Waals surface area contributed by atoms with E-state index in [1.165, 1.54) is 11.8 Å². The van der Waals surface area contributed by atoms with Gasteiger partial charge in [0.15, 0.2) is 0 Å². The number of nitrogens with one attached hydrogen (secondary N) is 1. The van der Waals surface area contributed by atoms with E-state index in [9.17, 15) is 4.79 Å². The number of carbonyl (C=O) groups excluding carboxylic acids is 1. The van der Waals surface area contributed by atoms with Gasteiger partial charge in [-0.1, -0.05) is 27.7 Å². The van der Waals surface area contributed by atoms with Crippen LogP contribution in [0, 0.1) is 11.3 Å². The number of hydrogen-bond acceptors (Lipinski definition) is 6. The number of methoxy groups -OCH3 is 1. The van der Waals surface area contributed by atoms with Crippen molar-refractivity contribution in [1.29, 1.82) is 5.41 Å². The number of fused-ring (bicyclic) bond motifs is 1. The van der Waals surface area contributed by atoms with Gasteiger partial charge in [0.05, 0.1) is 37.0 Å². The highest BCUT2D eigenvalue weighted by Gasteiger charge is 2.36. The Labute approximate surface area is 193 Å². The topological polar surface area (TPSA) is 78.8 Å². The van der Waals surface area contributed by atoms with E-state index >= 15 is 0 Å². The van der Waals surface area contributed by atoms with Gasteiger partial charge in [0, 0.05) is 50.5 Å². The molecule has 2 aliphatic rings. The van der Waals surface area contributed by atoms with E-state index in [-0.39, 0.29) is 23.5 Å². The Hall–Kier alpha value is -1.99.